The molecule has 224 valence electrons. The van der Waals surface area contributed by atoms with Gasteiger partial charge in [0.15, 0.2) is 11.6 Å². The summed E-state index contributed by atoms with van der Waals surface area (Å²) in [4.78, 5) is 15.4. The van der Waals surface area contributed by atoms with Crippen LogP contribution < -0.4 is 0 Å². The van der Waals surface area contributed by atoms with Crippen molar-refractivity contribution < 1.29 is 0 Å². The Kier molecular flexibility index (Phi) is 6.99. The quantitative estimate of drug-likeness (QED) is 0.160. The number of para-hydroxylation sites is 1. The Morgan fingerprint density at radius 3 is 2.15 bits per heavy atom. The highest BCUT2D eigenvalue weighted by molar-refractivity contribution is 7.26. The van der Waals surface area contributed by atoms with E-state index in [0.29, 0.717) is 11.6 Å². The minimum Gasteiger partial charge on any atom is -0.309 e. The molecule has 46 heavy (non-hydrogen) atoms. The molecule has 4 nitrogen and oxygen atoms in total. The van der Waals surface area contributed by atoms with Crippen LogP contribution in [0.4, 0.5) is 0 Å². The third-order valence-electron chi connectivity index (χ3n) is 9.57. The van der Waals surface area contributed by atoms with Crippen LogP contribution in [0.2, 0.25) is 0 Å². The number of allylic oxidation sites excluding steroid dienone is 1. The Bertz CT molecular complexity index is 2400. The number of hydrogen-bond acceptors (Lipinski definition) is 4. The normalized spacial score (nSPS) is 12.0. The molecule has 0 atom stereocenters. The molecular formula is C41H34N4S. The van der Waals surface area contributed by atoms with E-state index >= 15 is 0 Å². The molecule has 0 saturated carbocycles. The fourth-order valence-corrected chi connectivity index (χ4v) is 8.11. The van der Waals surface area contributed by atoms with Crippen LogP contribution in [0.15, 0.2) is 128 Å². The lowest BCUT2D eigenvalue weighted by Gasteiger charge is -2.29. The van der Waals surface area contributed by atoms with Gasteiger partial charge < -0.3 is 4.57 Å². The van der Waals surface area contributed by atoms with Gasteiger partial charge >= 0.3 is 0 Å². The number of fused-ring (bicyclic) bond motifs is 7. The van der Waals surface area contributed by atoms with Gasteiger partial charge in [-0.05, 0) is 49.6 Å². The molecule has 0 bridgehead atoms. The number of rotatable bonds is 8. The van der Waals surface area contributed by atoms with Crippen LogP contribution in [0, 0.1) is 0 Å². The molecule has 0 fully saturated rings. The SMILES string of the molecule is C=CCC(CC)(CC)c1nc(-c2ccccc2)nc(-c2cccc(-n3c4ccccc4c4ccc5sc6ccccc6c5c43)c2)n1. The van der Waals surface area contributed by atoms with Gasteiger partial charge in [0.2, 0.25) is 0 Å². The molecule has 0 N–H and O–H groups in total. The van der Waals surface area contributed by atoms with Gasteiger partial charge in [0.25, 0.3) is 0 Å². The molecule has 3 aromatic heterocycles. The van der Waals surface area contributed by atoms with Gasteiger partial charge in [0.05, 0.1) is 11.0 Å². The topological polar surface area (TPSA) is 43.6 Å². The van der Waals surface area contributed by atoms with Crippen molar-refractivity contribution in [3.63, 3.8) is 0 Å². The van der Waals surface area contributed by atoms with Gasteiger partial charge in [-0.1, -0.05) is 105 Å². The number of nitrogens with zero attached hydrogens (tertiary/aromatic N) is 4. The lowest BCUT2D eigenvalue weighted by Crippen LogP contribution is -2.27. The standard InChI is InChI=1S/C41H34N4S/c1-4-25-41(5-2,6-3)40-43-38(27-15-8-7-9-16-27)42-39(44-40)28-17-14-18-29(26-28)45-33-21-12-10-19-30(33)31-23-24-35-36(37(31)45)32-20-11-13-22-34(32)46-35/h4,7-24,26H,1,5-6,25H2,2-3H3. The van der Waals surface area contributed by atoms with Crippen LogP contribution in [0.5, 0.6) is 0 Å². The highest BCUT2D eigenvalue weighted by Gasteiger charge is 2.32. The summed E-state index contributed by atoms with van der Waals surface area (Å²) < 4.78 is 5.02. The van der Waals surface area contributed by atoms with Gasteiger partial charge in [-0.3, -0.25) is 0 Å². The zero-order valence-corrected chi connectivity index (χ0v) is 26.9. The second-order valence-corrected chi connectivity index (χ2v) is 13.1. The molecule has 5 heteroatoms. The third kappa shape index (κ3) is 4.45. The van der Waals surface area contributed by atoms with E-state index in [4.69, 9.17) is 15.0 Å². The molecule has 0 unspecified atom stereocenters. The molecule has 8 aromatic rings. The lowest BCUT2D eigenvalue weighted by molar-refractivity contribution is 0.375. The van der Waals surface area contributed by atoms with Crippen LogP contribution in [-0.2, 0) is 5.41 Å². The Labute approximate surface area is 272 Å². The third-order valence-corrected chi connectivity index (χ3v) is 10.7. The maximum atomic E-state index is 5.21. The van der Waals surface area contributed by atoms with Crippen LogP contribution in [0.1, 0.15) is 38.9 Å². The van der Waals surface area contributed by atoms with Crippen molar-refractivity contribution in [3.05, 3.63) is 134 Å². The van der Waals surface area contributed by atoms with Gasteiger partial charge in [-0.15, -0.1) is 17.9 Å². The van der Waals surface area contributed by atoms with E-state index in [2.05, 4.69) is 122 Å². The molecule has 0 aliphatic carbocycles. The van der Waals surface area contributed by atoms with E-state index in [-0.39, 0.29) is 5.41 Å². The summed E-state index contributed by atoms with van der Waals surface area (Å²) >= 11 is 1.85. The predicted octanol–water partition coefficient (Wildman–Crippen LogP) is 11.3. The maximum Gasteiger partial charge on any atom is 0.163 e. The zero-order valence-electron chi connectivity index (χ0n) is 26.1. The summed E-state index contributed by atoms with van der Waals surface area (Å²) in [5.41, 5.74) is 5.23. The Morgan fingerprint density at radius 1 is 0.674 bits per heavy atom. The van der Waals surface area contributed by atoms with Crippen LogP contribution >= 0.6 is 11.3 Å². The first-order valence-corrected chi connectivity index (χ1v) is 16.8. The molecular weight excluding hydrogens is 581 g/mol. The van der Waals surface area contributed by atoms with E-state index in [9.17, 15) is 0 Å². The second-order valence-electron chi connectivity index (χ2n) is 12.0. The summed E-state index contributed by atoms with van der Waals surface area (Å²) in [6.45, 7) is 8.52. The number of aromatic nitrogens is 4. The number of hydrogen-bond donors (Lipinski definition) is 0. The van der Waals surface area contributed by atoms with Gasteiger partial charge in [0.1, 0.15) is 5.82 Å². The highest BCUT2D eigenvalue weighted by atomic mass is 32.1. The zero-order chi connectivity index (χ0) is 31.3. The molecule has 5 aromatic carbocycles. The van der Waals surface area contributed by atoms with Crippen LogP contribution in [0.25, 0.3) is 70.4 Å². The van der Waals surface area contributed by atoms with E-state index < -0.39 is 0 Å². The number of benzene rings is 5. The fourth-order valence-electron chi connectivity index (χ4n) is 7.00. The van der Waals surface area contributed by atoms with Crippen molar-refractivity contribution in [3.8, 4) is 28.5 Å². The molecule has 3 heterocycles. The van der Waals surface area contributed by atoms with E-state index in [0.717, 1.165) is 41.9 Å². The van der Waals surface area contributed by atoms with Crippen LogP contribution in [0.3, 0.4) is 0 Å². The fraction of sp³-hybridized carbons (Fsp3) is 0.146. The van der Waals surface area contributed by atoms with E-state index in [1.54, 1.807) is 0 Å². The minimum absolute atomic E-state index is 0.209. The molecule has 0 saturated heterocycles. The summed E-state index contributed by atoms with van der Waals surface area (Å²) in [5, 5.41) is 5.09. The first-order chi connectivity index (χ1) is 22.6. The van der Waals surface area contributed by atoms with E-state index in [1.807, 2.05) is 35.6 Å². The van der Waals surface area contributed by atoms with Crippen molar-refractivity contribution in [1.29, 1.82) is 0 Å². The Hall–Kier alpha value is -5.13. The van der Waals surface area contributed by atoms with Crippen molar-refractivity contribution in [2.75, 3.05) is 0 Å². The highest BCUT2D eigenvalue weighted by Crippen LogP contribution is 2.43. The van der Waals surface area contributed by atoms with E-state index in [1.165, 1.54) is 42.0 Å². The predicted molar refractivity (Wildman–Crippen MR) is 195 cm³/mol. The van der Waals surface area contributed by atoms with Gasteiger partial charge in [0, 0.05) is 53.2 Å². The first kappa shape index (κ1) is 28.4. The molecule has 0 radical (unpaired) electrons. The Morgan fingerprint density at radius 2 is 1.37 bits per heavy atom. The largest absolute Gasteiger partial charge is 0.309 e. The average Bonchev–Trinajstić information content (AvgIpc) is 3.67. The van der Waals surface area contributed by atoms with Crippen LogP contribution in [-0.4, -0.2) is 19.5 Å². The molecule has 0 amide bonds. The molecule has 0 spiro atoms. The minimum atomic E-state index is -0.209. The first-order valence-electron chi connectivity index (χ1n) is 16.0. The molecule has 8 rings (SSSR count). The summed E-state index contributed by atoms with van der Waals surface area (Å²) in [6, 6.07) is 40.9. The smallest absolute Gasteiger partial charge is 0.163 e. The average molecular weight is 615 g/mol. The second kappa shape index (κ2) is 11.3. The Balaban J connectivity index is 1.40. The van der Waals surface area contributed by atoms with Crippen molar-refractivity contribution in [1.82, 2.24) is 19.5 Å². The summed E-state index contributed by atoms with van der Waals surface area (Å²) in [5.74, 6) is 2.22. The summed E-state index contributed by atoms with van der Waals surface area (Å²) in [7, 11) is 0. The van der Waals surface area contributed by atoms with Crippen molar-refractivity contribution in [2.45, 2.75) is 38.5 Å². The molecule has 0 aliphatic heterocycles. The lowest BCUT2D eigenvalue weighted by atomic mass is 9.78. The van der Waals surface area contributed by atoms with Crippen molar-refractivity contribution in [2.24, 2.45) is 0 Å². The van der Waals surface area contributed by atoms with Gasteiger partial charge in [-0.2, -0.15) is 0 Å². The number of thiophene rings is 1. The van der Waals surface area contributed by atoms with Crippen molar-refractivity contribution >= 4 is 53.3 Å². The maximum absolute atomic E-state index is 5.21. The molecule has 0 aliphatic rings. The monoisotopic (exact) mass is 614 g/mol. The van der Waals surface area contributed by atoms with Gasteiger partial charge in [-0.25, -0.2) is 15.0 Å². The summed E-state index contributed by atoms with van der Waals surface area (Å²) in [6.07, 6.45) is 4.64.